The Bertz CT molecular complexity index is 176. The Hall–Kier alpha value is -0.680. The minimum atomic E-state index is -0.246. The fourth-order valence-corrected chi connectivity index (χ4v) is 0.439. The number of nitrogens with zero attached hydrogens (tertiary/aromatic N) is 2. The third-order valence-corrected chi connectivity index (χ3v) is 0.749. The SMILES string of the molecule is OCc1nnc([S])o1. The number of hydrogen-bond acceptors (Lipinski definition) is 4. The second kappa shape index (κ2) is 2.06. The molecule has 5 heteroatoms. The molecule has 0 amide bonds. The lowest BCUT2D eigenvalue weighted by Crippen LogP contribution is -1.79. The number of aromatic nitrogens is 2. The maximum absolute atomic E-state index is 8.31. The molecule has 0 saturated heterocycles. The van der Waals surface area contributed by atoms with Gasteiger partial charge in [-0.05, 0) is 12.6 Å². The Balaban J connectivity index is 2.84. The highest BCUT2D eigenvalue weighted by molar-refractivity contribution is 7.80. The van der Waals surface area contributed by atoms with Gasteiger partial charge in [-0.15, -0.1) is 5.10 Å². The molecule has 0 atom stereocenters. The van der Waals surface area contributed by atoms with Crippen LogP contribution in [0.5, 0.6) is 0 Å². The predicted molar refractivity (Wildman–Crippen MR) is 26.1 cm³/mol. The van der Waals surface area contributed by atoms with Crippen molar-refractivity contribution in [2.24, 2.45) is 0 Å². The van der Waals surface area contributed by atoms with E-state index >= 15 is 0 Å². The van der Waals surface area contributed by atoms with E-state index in [1.807, 2.05) is 0 Å². The second-order valence-corrected chi connectivity index (χ2v) is 1.47. The van der Waals surface area contributed by atoms with Crippen LogP contribution < -0.4 is 0 Å². The number of rotatable bonds is 1. The van der Waals surface area contributed by atoms with Crippen LogP contribution in [0.3, 0.4) is 0 Å². The molecule has 1 N–H and O–H groups in total. The van der Waals surface area contributed by atoms with Gasteiger partial charge in [0, 0.05) is 0 Å². The van der Waals surface area contributed by atoms with Gasteiger partial charge >= 0.3 is 5.22 Å². The third-order valence-electron chi connectivity index (χ3n) is 0.584. The molecule has 0 fully saturated rings. The Kier molecular flexibility index (Phi) is 1.40. The molecule has 0 aliphatic rings. The van der Waals surface area contributed by atoms with Crippen LogP contribution in [0.25, 0.3) is 0 Å². The quantitative estimate of drug-likeness (QED) is 0.588. The Morgan fingerprint density at radius 3 is 2.62 bits per heavy atom. The molecule has 0 aliphatic heterocycles. The van der Waals surface area contributed by atoms with Crippen LogP contribution in [0.1, 0.15) is 5.89 Å². The van der Waals surface area contributed by atoms with Gasteiger partial charge in [-0.25, -0.2) is 0 Å². The molecule has 0 unspecified atom stereocenters. The van der Waals surface area contributed by atoms with E-state index in [1.54, 1.807) is 0 Å². The van der Waals surface area contributed by atoms with Gasteiger partial charge in [-0.3, -0.25) is 0 Å². The van der Waals surface area contributed by atoms with Crippen LogP contribution in [0, 0.1) is 0 Å². The van der Waals surface area contributed by atoms with Crippen LogP contribution >= 0.6 is 12.6 Å². The van der Waals surface area contributed by atoms with Crippen molar-refractivity contribution in [3.05, 3.63) is 5.89 Å². The Morgan fingerprint density at radius 1 is 1.62 bits per heavy atom. The first-order valence-corrected chi connectivity index (χ1v) is 2.34. The van der Waals surface area contributed by atoms with Gasteiger partial charge in [0.05, 0.1) is 0 Å². The van der Waals surface area contributed by atoms with E-state index in [9.17, 15) is 0 Å². The molecule has 1 radical (unpaired) electrons. The highest BCUT2D eigenvalue weighted by Gasteiger charge is 1.98. The first-order chi connectivity index (χ1) is 3.83. The van der Waals surface area contributed by atoms with Gasteiger partial charge < -0.3 is 9.52 Å². The molecule has 4 nitrogen and oxygen atoms in total. The summed E-state index contributed by atoms with van der Waals surface area (Å²) in [5, 5.41) is 15.1. The lowest BCUT2D eigenvalue weighted by molar-refractivity contribution is 0.231. The monoisotopic (exact) mass is 131 g/mol. The van der Waals surface area contributed by atoms with E-state index in [0.29, 0.717) is 0 Å². The first-order valence-electron chi connectivity index (χ1n) is 1.93. The molecular formula is C3H3N2O2S. The largest absolute Gasteiger partial charge is 0.410 e. The van der Waals surface area contributed by atoms with Gasteiger partial charge in [0.2, 0.25) is 5.89 Å². The standard InChI is InChI=1S/C3H3N2O2S/c6-1-2-4-5-3(8)7-2/h6H,1H2. The van der Waals surface area contributed by atoms with Gasteiger partial charge in [-0.2, -0.15) is 0 Å². The molecule has 0 saturated carbocycles. The van der Waals surface area contributed by atoms with Crippen molar-refractivity contribution in [1.29, 1.82) is 0 Å². The van der Waals surface area contributed by atoms with Crippen LogP contribution in [0.4, 0.5) is 0 Å². The van der Waals surface area contributed by atoms with E-state index in [4.69, 9.17) is 5.11 Å². The van der Waals surface area contributed by atoms with Crippen LogP contribution in [-0.2, 0) is 6.61 Å². The fraction of sp³-hybridized carbons (Fsp3) is 0.333. The zero-order chi connectivity index (χ0) is 5.98. The third kappa shape index (κ3) is 0.932. The van der Waals surface area contributed by atoms with Crippen LogP contribution in [0.2, 0.25) is 0 Å². The molecule has 0 aromatic carbocycles. The summed E-state index contributed by atoms with van der Waals surface area (Å²) in [6, 6.07) is 0. The summed E-state index contributed by atoms with van der Waals surface area (Å²) in [5.74, 6) is 0.162. The average molecular weight is 131 g/mol. The van der Waals surface area contributed by atoms with Gasteiger partial charge in [0.25, 0.3) is 0 Å². The summed E-state index contributed by atoms with van der Waals surface area (Å²) < 4.78 is 4.58. The Morgan fingerprint density at radius 2 is 2.38 bits per heavy atom. The van der Waals surface area contributed by atoms with Gasteiger partial charge in [0.1, 0.15) is 6.61 Å². The lowest BCUT2D eigenvalue weighted by Gasteiger charge is -1.76. The highest BCUT2D eigenvalue weighted by atomic mass is 32.1. The number of aliphatic hydroxyl groups excluding tert-OH is 1. The molecule has 8 heavy (non-hydrogen) atoms. The fourth-order valence-electron chi connectivity index (χ4n) is 0.302. The zero-order valence-corrected chi connectivity index (χ0v) is 4.68. The van der Waals surface area contributed by atoms with E-state index in [-0.39, 0.29) is 17.7 Å². The summed E-state index contributed by atoms with van der Waals surface area (Å²) >= 11 is 4.45. The highest BCUT2D eigenvalue weighted by Crippen LogP contribution is 2.01. The molecule has 43 valence electrons. The molecule has 0 aliphatic carbocycles. The number of hydrogen-bond donors (Lipinski definition) is 1. The molecule has 0 spiro atoms. The second-order valence-electron chi connectivity index (χ2n) is 1.12. The zero-order valence-electron chi connectivity index (χ0n) is 3.87. The van der Waals surface area contributed by atoms with Crippen molar-refractivity contribution in [2.75, 3.05) is 0 Å². The molecule has 1 aromatic heterocycles. The summed E-state index contributed by atoms with van der Waals surface area (Å²) in [4.78, 5) is 0. The molecule has 1 rings (SSSR count). The molecule has 1 aromatic rings. The maximum Gasteiger partial charge on any atom is 0.309 e. The van der Waals surface area contributed by atoms with Gasteiger partial charge in [0.15, 0.2) is 0 Å². The van der Waals surface area contributed by atoms with Crippen molar-refractivity contribution >= 4 is 12.6 Å². The van der Waals surface area contributed by atoms with Crippen molar-refractivity contribution in [2.45, 2.75) is 11.8 Å². The summed E-state index contributed by atoms with van der Waals surface area (Å²) in [6.07, 6.45) is 0. The normalized spacial score (nSPS) is 9.62. The van der Waals surface area contributed by atoms with Crippen LogP contribution in [0.15, 0.2) is 9.64 Å². The van der Waals surface area contributed by atoms with Gasteiger partial charge in [-0.1, -0.05) is 5.10 Å². The van der Waals surface area contributed by atoms with E-state index in [1.165, 1.54) is 0 Å². The van der Waals surface area contributed by atoms with E-state index in [0.717, 1.165) is 0 Å². The minimum absolute atomic E-state index is 0.0639. The first kappa shape index (κ1) is 5.46. The van der Waals surface area contributed by atoms with Crippen molar-refractivity contribution in [3.8, 4) is 0 Å². The number of aliphatic hydroxyl groups is 1. The molecule has 1 heterocycles. The topological polar surface area (TPSA) is 59.2 Å². The van der Waals surface area contributed by atoms with Crippen molar-refractivity contribution < 1.29 is 9.52 Å². The molecular weight excluding hydrogens is 128 g/mol. The van der Waals surface area contributed by atoms with E-state index < -0.39 is 0 Å². The average Bonchev–Trinajstić information content (AvgIpc) is 2.14. The molecule has 0 bridgehead atoms. The summed E-state index contributed by atoms with van der Waals surface area (Å²) in [7, 11) is 0. The predicted octanol–water partition coefficient (Wildman–Crippen LogP) is 0.118. The Labute approximate surface area is 50.9 Å². The minimum Gasteiger partial charge on any atom is -0.410 e. The van der Waals surface area contributed by atoms with E-state index in [2.05, 4.69) is 27.2 Å². The smallest absolute Gasteiger partial charge is 0.309 e. The summed E-state index contributed by atoms with van der Waals surface area (Å²) in [5.41, 5.74) is 0. The lowest BCUT2D eigenvalue weighted by atomic mass is 10.7. The van der Waals surface area contributed by atoms with Crippen molar-refractivity contribution in [3.63, 3.8) is 0 Å². The summed E-state index contributed by atoms with van der Waals surface area (Å²) in [6.45, 7) is -0.246. The maximum atomic E-state index is 8.31. The van der Waals surface area contributed by atoms with Crippen molar-refractivity contribution in [1.82, 2.24) is 10.2 Å². The van der Waals surface area contributed by atoms with Crippen LogP contribution in [-0.4, -0.2) is 15.3 Å².